The summed E-state index contributed by atoms with van der Waals surface area (Å²) in [6.45, 7) is -0.382. The molecule has 0 radical (unpaired) electrons. The lowest BCUT2D eigenvalue weighted by Crippen LogP contribution is -2.43. The van der Waals surface area contributed by atoms with Crippen molar-refractivity contribution < 1.29 is 22.7 Å². The second-order valence-electron chi connectivity index (χ2n) is 5.60. The average molecular weight is 346 g/mol. The van der Waals surface area contributed by atoms with Crippen molar-refractivity contribution in [1.82, 2.24) is 4.90 Å². The molecule has 1 aliphatic heterocycles. The molecule has 0 unspecified atom stereocenters. The Morgan fingerprint density at radius 2 is 1.92 bits per heavy atom. The summed E-state index contributed by atoms with van der Waals surface area (Å²) >= 11 is 0. The van der Waals surface area contributed by atoms with Gasteiger partial charge in [0.25, 0.3) is 0 Å². The Morgan fingerprint density at radius 1 is 1.20 bits per heavy atom. The summed E-state index contributed by atoms with van der Waals surface area (Å²) in [7, 11) is 0. The zero-order chi connectivity index (χ0) is 18.0. The molecule has 128 valence electrons. The van der Waals surface area contributed by atoms with Crippen LogP contribution in [0.2, 0.25) is 0 Å². The van der Waals surface area contributed by atoms with Crippen LogP contribution in [0.5, 0.6) is 5.75 Å². The van der Waals surface area contributed by atoms with Crippen LogP contribution in [0.1, 0.15) is 22.7 Å². The first-order chi connectivity index (χ1) is 11.9. The molecule has 0 aromatic heterocycles. The van der Waals surface area contributed by atoms with Gasteiger partial charge in [-0.3, -0.25) is 4.79 Å². The molecule has 3 rings (SSSR count). The molecule has 0 saturated heterocycles. The first kappa shape index (κ1) is 16.8. The fraction of sp³-hybridized carbons (Fsp3) is 0.222. The Hall–Kier alpha value is -3.01. The summed E-state index contributed by atoms with van der Waals surface area (Å²) in [5.74, 6) is -1.60. The fourth-order valence-electron chi connectivity index (χ4n) is 2.77. The molecule has 2 aromatic rings. The zero-order valence-electron chi connectivity index (χ0n) is 13.0. The van der Waals surface area contributed by atoms with Crippen molar-refractivity contribution in [3.8, 4) is 11.8 Å². The first-order valence-corrected chi connectivity index (χ1v) is 7.48. The van der Waals surface area contributed by atoms with E-state index in [-0.39, 0.29) is 13.2 Å². The second-order valence-corrected chi connectivity index (χ2v) is 5.60. The van der Waals surface area contributed by atoms with Gasteiger partial charge >= 0.3 is 12.1 Å². The Labute approximate surface area is 142 Å². The van der Waals surface area contributed by atoms with Gasteiger partial charge in [0.2, 0.25) is 0 Å². The van der Waals surface area contributed by atoms with E-state index in [1.165, 1.54) is 18.2 Å². The molecule has 1 atom stereocenters. The summed E-state index contributed by atoms with van der Waals surface area (Å²) in [5.41, 5.74) is 1.31. The first-order valence-electron chi connectivity index (χ1n) is 7.48. The monoisotopic (exact) mass is 346 g/mol. The molecular weight excluding hydrogens is 333 g/mol. The van der Waals surface area contributed by atoms with E-state index in [0.29, 0.717) is 22.4 Å². The third kappa shape index (κ3) is 3.43. The van der Waals surface area contributed by atoms with Gasteiger partial charge in [-0.2, -0.15) is 18.4 Å². The molecule has 7 heteroatoms. The van der Waals surface area contributed by atoms with Crippen molar-refractivity contribution in [3.05, 3.63) is 65.2 Å². The number of halogens is 3. The summed E-state index contributed by atoms with van der Waals surface area (Å²) in [6.07, 6.45) is -4.98. The second kappa shape index (κ2) is 6.48. The average Bonchev–Trinajstić information content (AvgIpc) is 2.79. The highest BCUT2D eigenvalue weighted by Crippen LogP contribution is 2.34. The van der Waals surface area contributed by atoms with Crippen LogP contribution in [0.25, 0.3) is 0 Å². The minimum Gasteiger partial charge on any atom is -0.491 e. The van der Waals surface area contributed by atoms with Crippen LogP contribution in [0.3, 0.4) is 0 Å². The van der Waals surface area contributed by atoms with Crippen molar-refractivity contribution in [2.24, 2.45) is 0 Å². The lowest BCUT2D eigenvalue weighted by atomic mass is 10.0. The van der Waals surface area contributed by atoms with Gasteiger partial charge in [0.1, 0.15) is 12.4 Å². The van der Waals surface area contributed by atoms with E-state index >= 15 is 0 Å². The topological polar surface area (TPSA) is 53.3 Å². The highest BCUT2D eigenvalue weighted by molar-refractivity contribution is 5.82. The van der Waals surface area contributed by atoms with Gasteiger partial charge in [-0.25, -0.2) is 0 Å². The van der Waals surface area contributed by atoms with E-state index in [9.17, 15) is 18.0 Å². The number of rotatable bonds is 1. The molecule has 1 heterocycles. The van der Waals surface area contributed by atoms with Gasteiger partial charge in [-0.05, 0) is 17.7 Å². The van der Waals surface area contributed by atoms with Crippen molar-refractivity contribution in [2.45, 2.75) is 18.8 Å². The lowest BCUT2D eigenvalue weighted by molar-refractivity contribution is -0.189. The summed E-state index contributed by atoms with van der Waals surface area (Å²) in [5, 5.41) is 8.97. The minimum absolute atomic E-state index is 0.131. The molecule has 2 aromatic carbocycles. The maximum atomic E-state index is 13.1. The third-order valence-corrected chi connectivity index (χ3v) is 4.00. The Bertz CT molecular complexity index is 828. The van der Waals surface area contributed by atoms with Crippen LogP contribution < -0.4 is 4.74 Å². The van der Waals surface area contributed by atoms with Crippen molar-refractivity contribution in [2.75, 3.05) is 6.61 Å². The standard InChI is InChI=1S/C18H13F3N2O2/c19-18(20,21)17(24)23-10-14-7-6-12(9-22)8-16(14)25-11-15(23)13-4-2-1-3-5-13/h1-8,15H,10-11H2/t15-/m1/s1. The van der Waals surface area contributed by atoms with E-state index in [0.717, 1.165) is 4.90 Å². The highest BCUT2D eigenvalue weighted by atomic mass is 19.4. The normalized spacial score (nSPS) is 17.0. The largest absolute Gasteiger partial charge is 0.491 e. The number of carbonyl (C=O) groups is 1. The van der Waals surface area contributed by atoms with E-state index < -0.39 is 18.1 Å². The molecule has 0 aliphatic carbocycles. The minimum atomic E-state index is -4.98. The van der Waals surface area contributed by atoms with Crippen molar-refractivity contribution >= 4 is 5.91 Å². The number of alkyl halides is 3. The van der Waals surface area contributed by atoms with E-state index in [2.05, 4.69) is 0 Å². The molecule has 0 N–H and O–H groups in total. The maximum Gasteiger partial charge on any atom is 0.471 e. The number of benzene rings is 2. The Morgan fingerprint density at radius 3 is 2.56 bits per heavy atom. The van der Waals surface area contributed by atoms with Crippen molar-refractivity contribution in [1.29, 1.82) is 5.26 Å². The predicted molar refractivity (Wildman–Crippen MR) is 82.4 cm³/mol. The Balaban J connectivity index is 2.04. The molecule has 4 nitrogen and oxygen atoms in total. The molecule has 1 amide bonds. The maximum absolute atomic E-state index is 13.1. The van der Waals surface area contributed by atoms with Crippen LogP contribution in [0.4, 0.5) is 13.2 Å². The van der Waals surface area contributed by atoms with Crippen LogP contribution in [0.15, 0.2) is 48.5 Å². The molecule has 1 aliphatic rings. The number of nitriles is 1. The van der Waals surface area contributed by atoms with E-state index in [1.54, 1.807) is 30.3 Å². The quantitative estimate of drug-likeness (QED) is 0.793. The Kier molecular flexibility index (Phi) is 4.36. The highest BCUT2D eigenvalue weighted by Gasteiger charge is 2.46. The lowest BCUT2D eigenvalue weighted by Gasteiger charge is -2.30. The molecule has 0 spiro atoms. The summed E-state index contributed by atoms with van der Waals surface area (Å²) in [6, 6.07) is 14.0. The van der Waals surface area contributed by atoms with Gasteiger partial charge in [-0.15, -0.1) is 0 Å². The summed E-state index contributed by atoms with van der Waals surface area (Å²) in [4.78, 5) is 12.8. The number of nitrogens with zero attached hydrogens (tertiary/aromatic N) is 2. The molecule has 25 heavy (non-hydrogen) atoms. The van der Waals surface area contributed by atoms with Crippen LogP contribution in [-0.4, -0.2) is 23.6 Å². The van der Waals surface area contributed by atoms with Crippen LogP contribution in [0, 0.1) is 11.3 Å². The number of amides is 1. The van der Waals surface area contributed by atoms with Crippen molar-refractivity contribution in [3.63, 3.8) is 0 Å². The molecule has 0 bridgehead atoms. The number of hydrogen-bond donors (Lipinski definition) is 0. The number of carbonyl (C=O) groups excluding carboxylic acids is 1. The third-order valence-electron chi connectivity index (χ3n) is 4.00. The smallest absolute Gasteiger partial charge is 0.471 e. The van der Waals surface area contributed by atoms with Gasteiger partial charge in [0.05, 0.1) is 24.2 Å². The zero-order valence-corrected chi connectivity index (χ0v) is 13.0. The summed E-state index contributed by atoms with van der Waals surface area (Å²) < 4.78 is 44.9. The SMILES string of the molecule is N#Cc1ccc2c(c1)OC[C@H](c1ccccc1)N(C(=O)C(F)(F)F)C2. The predicted octanol–water partition coefficient (Wildman–Crippen LogP) is 3.58. The van der Waals surface area contributed by atoms with Gasteiger partial charge in [-0.1, -0.05) is 36.4 Å². The van der Waals surface area contributed by atoms with Gasteiger partial charge in [0.15, 0.2) is 0 Å². The molecular formula is C18H13F3N2O2. The van der Waals surface area contributed by atoms with E-state index in [1.807, 2.05) is 6.07 Å². The van der Waals surface area contributed by atoms with Gasteiger partial charge < -0.3 is 9.64 Å². The number of ether oxygens (including phenoxy) is 1. The number of fused-ring (bicyclic) bond motifs is 1. The van der Waals surface area contributed by atoms with Gasteiger partial charge in [0, 0.05) is 5.56 Å². The van der Waals surface area contributed by atoms with Crippen LogP contribution in [-0.2, 0) is 11.3 Å². The fourth-order valence-corrected chi connectivity index (χ4v) is 2.77. The van der Waals surface area contributed by atoms with Crippen LogP contribution >= 0.6 is 0 Å². The van der Waals surface area contributed by atoms with E-state index in [4.69, 9.17) is 10.00 Å². The molecule has 0 fully saturated rings. The molecule has 0 saturated carbocycles. The number of hydrogen-bond acceptors (Lipinski definition) is 3.